The Morgan fingerprint density at radius 2 is 1.20 bits per heavy atom. The van der Waals surface area contributed by atoms with E-state index < -0.39 is 35.8 Å². The van der Waals surface area contributed by atoms with E-state index in [-0.39, 0.29) is 64.9 Å². The van der Waals surface area contributed by atoms with Gasteiger partial charge in [-0.05, 0) is 70.5 Å². The number of nitrogens with zero attached hydrogens (tertiary/aromatic N) is 11. The van der Waals surface area contributed by atoms with Gasteiger partial charge >= 0.3 is 0 Å². The fraction of sp³-hybridized carbons (Fsp3) is 0.455. The van der Waals surface area contributed by atoms with Crippen molar-refractivity contribution >= 4 is 45.7 Å². The number of imidazole rings is 2. The Kier molecular flexibility index (Phi) is 14.1. The van der Waals surface area contributed by atoms with E-state index >= 15 is 0 Å². The highest BCUT2D eigenvalue weighted by Gasteiger charge is 2.28. The summed E-state index contributed by atoms with van der Waals surface area (Å²) in [6, 6.07) is 9.27. The van der Waals surface area contributed by atoms with Crippen LogP contribution in [0.3, 0.4) is 0 Å². The Labute approximate surface area is 378 Å². The highest BCUT2D eigenvalue weighted by molar-refractivity contribution is 6.00. The molecule has 2 atom stereocenters. The molecule has 4 amide bonds. The van der Waals surface area contributed by atoms with Crippen LogP contribution in [0.4, 0.5) is 0 Å². The van der Waals surface area contributed by atoms with Crippen LogP contribution in [0, 0.1) is 13.8 Å². The summed E-state index contributed by atoms with van der Waals surface area (Å²) in [5, 5.41) is 33.0. The highest BCUT2D eigenvalue weighted by atomic mass is 16.5. The van der Waals surface area contributed by atoms with Gasteiger partial charge in [0.1, 0.15) is 33.9 Å². The van der Waals surface area contributed by atoms with Crippen molar-refractivity contribution in [3.05, 3.63) is 81.5 Å². The van der Waals surface area contributed by atoms with E-state index in [0.29, 0.717) is 66.2 Å². The van der Waals surface area contributed by atoms with Crippen molar-refractivity contribution in [2.75, 3.05) is 46.6 Å². The fourth-order valence-corrected chi connectivity index (χ4v) is 8.31. The maximum Gasteiger partial charge on any atom is 0.298 e. The summed E-state index contributed by atoms with van der Waals surface area (Å²) in [6.45, 7) is 11.2. The molecule has 22 nitrogen and oxygen atoms in total. The number of aromatic nitrogens is 8. The van der Waals surface area contributed by atoms with Crippen molar-refractivity contribution < 1.29 is 43.6 Å². The number of carbonyl (C=O) groups excluding carboxylic acids is 4. The molecule has 0 saturated carbocycles. The van der Waals surface area contributed by atoms with Crippen LogP contribution in [0.1, 0.15) is 73.3 Å². The van der Waals surface area contributed by atoms with Gasteiger partial charge in [0.15, 0.2) is 0 Å². The van der Waals surface area contributed by atoms with Crippen LogP contribution in [-0.4, -0.2) is 135 Å². The lowest BCUT2D eigenvalue weighted by molar-refractivity contribution is -0.000243. The Bertz CT molecular complexity index is 2980. The number of primary amides is 2. The maximum absolute atomic E-state index is 14.0. The number of amides is 4. The molecule has 2 aromatic carbocycles. The van der Waals surface area contributed by atoms with Gasteiger partial charge in [-0.15, -0.1) is 0 Å². The fourth-order valence-electron chi connectivity index (χ4n) is 8.31. The molecule has 4 aromatic heterocycles. The first-order chi connectivity index (χ1) is 31.5. The Hall–Kier alpha value is -6.88. The first kappa shape index (κ1) is 47.1. The number of carbonyl (C=O) groups is 4. The van der Waals surface area contributed by atoms with Crippen LogP contribution in [0.5, 0.6) is 11.5 Å². The van der Waals surface area contributed by atoms with Gasteiger partial charge in [0, 0.05) is 57.9 Å². The standard InChI is InChI=1S/C44H57N13O9/c1-8-56-31(17-25(3)49-56)41(62)47-43-51(5)29-19-27(39(45)60)21-35(64-7)37(29)54(43)23-33(58)34(59)24-55-38-30(52(6)44(55)48-42(63)32-18-26(4)50-57(32)9-2)20-28(40(46)61)22-36(38)66-14-10-11-53-12-15-65-16-13-53/h17-22,33-34,58-59H,8-16,23-24H2,1-7H3,(H2,45,60)(H2,46,61). The Morgan fingerprint density at radius 3 is 1.64 bits per heavy atom. The minimum Gasteiger partial charge on any atom is -0.494 e. The van der Waals surface area contributed by atoms with E-state index in [1.165, 1.54) is 39.2 Å². The molecule has 0 spiro atoms. The zero-order valence-corrected chi connectivity index (χ0v) is 38.2. The highest BCUT2D eigenvalue weighted by Crippen LogP contribution is 2.30. The number of morpholine rings is 1. The van der Waals surface area contributed by atoms with Crippen LogP contribution in [0.25, 0.3) is 22.1 Å². The second kappa shape index (κ2) is 19.7. The van der Waals surface area contributed by atoms with Crippen LogP contribution < -0.4 is 32.2 Å². The monoisotopic (exact) mass is 911 g/mol. The minimum atomic E-state index is -1.59. The molecule has 5 heterocycles. The van der Waals surface area contributed by atoms with E-state index in [2.05, 4.69) is 25.1 Å². The number of ether oxygens (including phenoxy) is 3. The number of hydrogen-bond acceptors (Lipinski definition) is 12. The third-order valence-corrected chi connectivity index (χ3v) is 11.7. The molecule has 0 bridgehead atoms. The summed E-state index contributed by atoms with van der Waals surface area (Å²) in [5.74, 6) is -2.26. The molecule has 6 N–H and O–H groups in total. The minimum absolute atomic E-state index is 0.0522. The predicted molar refractivity (Wildman–Crippen MR) is 240 cm³/mol. The van der Waals surface area contributed by atoms with Gasteiger partial charge in [0.25, 0.3) is 11.8 Å². The quantitative estimate of drug-likeness (QED) is 0.0914. The number of aliphatic hydroxyl groups is 2. The number of methoxy groups -OCH3 is 1. The Balaban J connectivity index is 1.35. The van der Waals surface area contributed by atoms with Crippen molar-refractivity contribution in [3.63, 3.8) is 0 Å². The number of hydrogen-bond donors (Lipinski definition) is 4. The topological polar surface area (TPSA) is 272 Å². The van der Waals surface area contributed by atoms with E-state index in [9.17, 15) is 29.4 Å². The zero-order valence-electron chi connectivity index (χ0n) is 38.2. The molecule has 7 rings (SSSR count). The molecule has 0 aliphatic carbocycles. The number of aryl methyl sites for hydroxylation is 6. The summed E-state index contributed by atoms with van der Waals surface area (Å²) in [7, 11) is 4.68. The zero-order chi connectivity index (χ0) is 47.6. The third kappa shape index (κ3) is 9.43. The molecule has 1 aliphatic rings. The van der Waals surface area contributed by atoms with Gasteiger partial charge in [-0.2, -0.15) is 20.2 Å². The van der Waals surface area contributed by atoms with Gasteiger partial charge in [-0.25, -0.2) is 0 Å². The summed E-state index contributed by atoms with van der Waals surface area (Å²) in [5.41, 5.74) is 15.1. The predicted octanol–water partition coefficient (Wildman–Crippen LogP) is 0.534. The van der Waals surface area contributed by atoms with Crippen molar-refractivity contribution in [3.8, 4) is 11.5 Å². The summed E-state index contributed by atoms with van der Waals surface area (Å²) < 4.78 is 26.9. The second-order valence-electron chi connectivity index (χ2n) is 16.2. The molecule has 1 fully saturated rings. The summed E-state index contributed by atoms with van der Waals surface area (Å²) >= 11 is 0. The van der Waals surface area contributed by atoms with Gasteiger partial charge in [0.2, 0.25) is 23.1 Å². The largest absolute Gasteiger partial charge is 0.494 e. The van der Waals surface area contributed by atoms with E-state index in [1.54, 1.807) is 59.8 Å². The smallest absolute Gasteiger partial charge is 0.298 e. The van der Waals surface area contributed by atoms with Gasteiger partial charge < -0.3 is 54.2 Å². The van der Waals surface area contributed by atoms with Crippen LogP contribution >= 0.6 is 0 Å². The van der Waals surface area contributed by atoms with Crippen LogP contribution in [0.15, 0.2) is 46.4 Å². The number of fused-ring (bicyclic) bond motifs is 2. The van der Waals surface area contributed by atoms with Crippen LogP contribution in [0.2, 0.25) is 0 Å². The SMILES string of the molecule is CCn1nc(C)cc1C(=O)N=c1n(C)c2cc(C(N)=O)cc(OC)c2n1CC(O)C(O)Cn1c(=NC(=O)c2cc(C)nn2CC)n(C)c2cc(C(N)=O)cc(OCCCN3CCOCC3)c21. The molecule has 352 valence electrons. The van der Waals surface area contributed by atoms with Crippen molar-refractivity contribution in [2.45, 2.75) is 72.5 Å². The molecule has 0 radical (unpaired) electrons. The first-order valence-electron chi connectivity index (χ1n) is 21.7. The molecule has 1 saturated heterocycles. The maximum atomic E-state index is 14.0. The summed E-state index contributed by atoms with van der Waals surface area (Å²) in [6.07, 6.45) is -2.55. The average Bonchev–Trinajstić information content (AvgIpc) is 4.03. The molecule has 6 aromatic rings. The van der Waals surface area contributed by atoms with Crippen molar-refractivity contribution in [1.82, 2.24) is 42.7 Å². The summed E-state index contributed by atoms with van der Waals surface area (Å²) in [4.78, 5) is 64.4. The molecule has 22 heteroatoms. The van der Waals surface area contributed by atoms with Crippen molar-refractivity contribution in [2.24, 2.45) is 35.5 Å². The first-order valence-corrected chi connectivity index (χ1v) is 21.7. The van der Waals surface area contributed by atoms with Gasteiger partial charge in [0.05, 0.1) is 74.6 Å². The molecule has 1 aliphatic heterocycles. The van der Waals surface area contributed by atoms with E-state index in [4.69, 9.17) is 25.7 Å². The van der Waals surface area contributed by atoms with E-state index in [0.717, 1.165) is 19.6 Å². The normalized spacial score (nSPS) is 14.9. The Morgan fingerprint density at radius 1 is 0.742 bits per heavy atom. The lowest BCUT2D eigenvalue weighted by atomic mass is 10.1. The molecule has 66 heavy (non-hydrogen) atoms. The van der Waals surface area contributed by atoms with Crippen LogP contribution in [-0.2, 0) is 45.0 Å². The molecular formula is C44H57N13O9. The van der Waals surface area contributed by atoms with E-state index in [1.807, 2.05) is 13.8 Å². The lowest BCUT2D eigenvalue weighted by Crippen LogP contribution is -2.40. The third-order valence-electron chi connectivity index (χ3n) is 11.7. The molecule has 2 unspecified atom stereocenters. The lowest BCUT2D eigenvalue weighted by Gasteiger charge is -2.26. The number of aliphatic hydroxyl groups excluding tert-OH is 2. The average molecular weight is 912 g/mol. The number of nitrogens with two attached hydrogens (primary N) is 2. The number of benzene rings is 2. The van der Waals surface area contributed by atoms with Gasteiger partial charge in [-0.3, -0.25) is 33.4 Å². The second-order valence-corrected chi connectivity index (χ2v) is 16.2. The van der Waals surface area contributed by atoms with Gasteiger partial charge in [-0.1, -0.05) is 0 Å². The van der Waals surface area contributed by atoms with Crippen molar-refractivity contribution in [1.29, 1.82) is 0 Å². The number of rotatable bonds is 17. The molecular weight excluding hydrogens is 855 g/mol.